The molecule has 0 N–H and O–H groups in total. The van der Waals surface area contributed by atoms with Gasteiger partial charge in [0.2, 0.25) is 15.9 Å². The fourth-order valence-corrected chi connectivity index (χ4v) is 6.04. The zero-order valence-electron chi connectivity index (χ0n) is 16.2. The standard InChI is InChI=1S/C21H27N3O3S/c1-22-13-6-11-19(22)20-12-7-15-24(20)21(25)17-8-5-14-23(16-17)28(26,27)18-9-3-2-4-10-18/h2-4,6,9-11,13,17,20H,5,7-8,12,14-16H2,1H3. The second kappa shape index (κ2) is 7.72. The highest BCUT2D eigenvalue weighted by molar-refractivity contribution is 7.89. The molecular formula is C21H27N3O3S. The van der Waals surface area contributed by atoms with E-state index in [1.165, 1.54) is 4.31 Å². The number of carbonyl (C=O) groups excluding carboxylic acids is 1. The van der Waals surface area contributed by atoms with E-state index in [0.29, 0.717) is 17.9 Å². The maximum atomic E-state index is 13.3. The first-order chi connectivity index (χ1) is 13.5. The molecule has 150 valence electrons. The number of likely N-dealkylation sites (tertiary alicyclic amines) is 1. The van der Waals surface area contributed by atoms with Gasteiger partial charge in [-0.15, -0.1) is 0 Å². The van der Waals surface area contributed by atoms with Gasteiger partial charge < -0.3 is 9.47 Å². The summed E-state index contributed by atoms with van der Waals surface area (Å²) < 4.78 is 29.5. The fourth-order valence-electron chi connectivity index (χ4n) is 4.50. The number of hydrogen-bond acceptors (Lipinski definition) is 3. The number of carbonyl (C=O) groups is 1. The van der Waals surface area contributed by atoms with Crippen LogP contribution in [0.25, 0.3) is 0 Å². The Morgan fingerprint density at radius 1 is 1.00 bits per heavy atom. The van der Waals surface area contributed by atoms with Crippen molar-refractivity contribution < 1.29 is 13.2 Å². The maximum Gasteiger partial charge on any atom is 0.243 e. The molecule has 2 aliphatic heterocycles. The van der Waals surface area contributed by atoms with Gasteiger partial charge in [-0.3, -0.25) is 4.79 Å². The summed E-state index contributed by atoms with van der Waals surface area (Å²) in [6, 6.07) is 12.7. The Morgan fingerprint density at radius 3 is 2.46 bits per heavy atom. The van der Waals surface area contributed by atoms with E-state index < -0.39 is 10.0 Å². The Labute approximate surface area is 166 Å². The maximum absolute atomic E-state index is 13.3. The van der Waals surface area contributed by atoms with E-state index >= 15 is 0 Å². The van der Waals surface area contributed by atoms with Gasteiger partial charge in [-0.1, -0.05) is 18.2 Å². The second-order valence-electron chi connectivity index (χ2n) is 7.75. The van der Waals surface area contributed by atoms with Crippen LogP contribution in [0.3, 0.4) is 0 Å². The molecule has 0 bridgehead atoms. The molecule has 6 nitrogen and oxygen atoms in total. The second-order valence-corrected chi connectivity index (χ2v) is 9.69. The van der Waals surface area contributed by atoms with Crippen molar-refractivity contribution in [2.24, 2.45) is 13.0 Å². The number of benzene rings is 1. The third-order valence-electron chi connectivity index (χ3n) is 5.98. The molecule has 2 fully saturated rings. The van der Waals surface area contributed by atoms with E-state index in [1.54, 1.807) is 30.3 Å². The zero-order valence-corrected chi connectivity index (χ0v) is 17.0. The van der Waals surface area contributed by atoms with Crippen molar-refractivity contribution >= 4 is 15.9 Å². The molecule has 2 aromatic rings. The Bertz CT molecular complexity index is 939. The number of amides is 1. The Morgan fingerprint density at radius 2 is 1.75 bits per heavy atom. The van der Waals surface area contributed by atoms with Crippen LogP contribution in [0.15, 0.2) is 53.6 Å². The van der Waals surface area contributed by atoms with E-state index in [0.717, 1.165) is 31.5 Å². The molecular weight excluding hydrogens is 374 g/mol. The minimum atomic E-state index is -3.56. The molecule has 1 aromatic carbocycles. The third kappa shape index (κ3) is 3.49. The summed E-state index contributed by atoms with van der Waals surface area (Å²) in [5, 5.41) is 0. The topological polar surface area (TPSA) is 62.6 Å². The van der Waals surface area contributed by atoms with Crippen molar-refractivity contribution in [3.63, 3.8) is 0 Å². The highest BCUT2D eigenvalue weighted by Gasteiger charge is 2.39. The summed E-state index contributed by atoms with van der Waals surface area (Å²) >= 11 is 0. The van der Waals surface area contributed by atoms with Crippen LogP contribution in [0.4, 0.5) is 0 Å². The molecule has 28 heavy (non-hydrogen) atoms. The van der Waals surface area contributed by atoms with Gasteiger partial charge >= 0.3 is 0 Å². The normalized spacial score (nSPS) is 23.8. The molecule has 0 spiro atoms. The lowest BCUT2D eigenvalue weighted by Gasteiger charge is -2.35. The fraction of sp³-hybridized carbons (Fsp3) is 0.476. The van der Waals surface area contributed by atoms with E-state index in [9.17, 15) is 13.2 Å². The van der Waals surface area contributed by atoms with Crippen molar-refractivity contribution in [2.75, 3.05) is 19.6 Å². The molecule has 4 rings (SSSR count). The van der Waals surface area contributed by atoms with Crippen LogP contribution in [0.1, 0.15) is 37.4 Å². The van der Waals surface area contributed by atoms with Gasteiger partial charge in [-0.25, -0.2) is 8.42 Å². The quantitative estimate of drug-likeness (QED) is 0.791. The number of aryl methyl sites for hydroxylation is 1. The molecule has 7 heteroatoms. The lowest BCUT2D eigenvalue weighted by Crippen LogP contribution is -2.46. The molecule has 0 aliphatic carbocycles. The van der Waals surface area contributed by atoms with Crippen LogP contribution in [0, 0.1) is 5.92 Å². The van der Waals surface area contributed by atoms with Gasteiger partial charge in [-0.05, 0) is 49.9 Å². The third-order valence-corrected chi connectivity index (χ3v) is 7.85. The summed E-state index contributed by atoms with van der Waals surface area (Å²) in [7, 11) is -1.55. The number of nitrogens with zero attached hydrogens (tertiary/aromatic N) is 3. The number of rotatable bonds is 4. The molecule has 2 atom stereocenters. The predicted octanol–water partition coefficient (Wildman–Crippen LogP) is 2.79. The summed E-state index contributed by atoms with van der Waals surface area (Å²) in [5.41, 5.74) is 1.15. The molecule has 2 aliphatic rings. The summed E-state index contributed by atoms with van der Waals surface area (Å²) in [4.78, 5) is 15.6. The van der Waals surface area contributed by atoms with Crippen LogP contribution in [-0.4, -0.2) is 47.7 Å². The zero-order chi connectivity index (χ0) is 19.7. The number of hydrogen-bond donors (Lipinski definition) is 0. The first-order valence-corrected chi connectivity index (χ1v) is 11.4. The Balaban J connectivity index is 1.51. The van der Waals surface area contributed by atoms with Crippen LogP contribution in [0.5, 0.6) is 0 Å². The van der Waals surface area contributed by atoms with Gasteiger partial charge in [0.25, 0.3) is 0 Å². The van der Waals surface area contributed by atoms with Crippen molar-refractivity contribution in [1.29, 1.82) is 0 Å². The molecule has 0 saturated carbocycles. The van der Waals surface area contributed by atoms with Crippen LogP contribution in [0.2, 0.25) is 0 Å². The van der Waals surface area contributed by atoms with Crippen LogP contribution in [-0.2, 0) is 21.9 Å². The molecule has 1 amide bonds. The van der Waals surface area contributed by atoms with Crippen molar-refractivity contribution in [1.82, 2.24) is 13.8 Å². The van der Waals surface area contributed by atoms with Gasteiger partial charge in [0.1, 0.15) is 0 Å². The predicted molar refractivity (Wildman–Crippen MR) is 107 cm³/mol. The van der Waals surface area contributed by atoms with E-state index in [1.807, 2.05) is 24.2 Å². The molecule has 0 radical (unpaired) electrons. The van der Waals surface area contributed by atoms with E-state index in [-0.39, 0.29) is 24.4 Å². The SMILES string of the molecule is Cn1cccc1C1CCCN1C(=O)C1CCCN(S(=O)(=O)c2ccccc2)C1. The van der Waals surface area contributed by atoms with Gasteiger partial charge in [0.15, 0.2) is 0 Å². The Hall–Kier alpha value is -2.12. The van der Waals surface area contributed by atoms with E-state index in [2.05, 4.69) is 10.6 Å². The minimum absolute atomic E-state index is 0.0913. The van der Waals surface area contributed by atoms with Gasteiger partial charge in [0.05, 0.1) is 16.9 Å². The summed E-state index contributed by atoms with van der Waals surface area (Å²) in [6.45, 7) is 1.49. The summed E-state index contributed by atoms with van der Waals surface area (Å²) in [6.07, 6.45) is 5.41. The van der Waals surface area contributed by atoms with Gasteiger partial charge in [-0.2, -0.15) is 4.31 Å². The summed E-state index contributed by atoms with van der Waals surface area (Å²) in [5.74, 6) is -0.176. The van der Waals surface area contributed by atoms with Crippen molar-refractivity contribution in [3.05, 3.63) is 54.4 Å². The highest BCUT2D eigenvalue weighted by atomic mass is 32.2. The monoisotopic (exact) mass is 401 g/mol. The lowest BCUT2D eigenvalue weighted by molar-refractivity contribution is -0.137. The van der Waals surface area contributed by atoms with E-state index in [4.69, 9.17) is 0 Å². The average molecular weight is 402 g/mol. The molecule has 2 unspecified atom stereocenters. The Kier molecular flexibility index (Phi) is 5.29. The first-order valence-electron chi connectivity index (χ1n) is 9.95. The number of piperidine rings is 1. The van der Waals surface area contributed by atoms with Crippen LogP contribution < -0.4 is 0 Å². The highest BCUT2D eigenvalue weighted by Crippen LogP contribution is 2.35. The largest absolute Gasteiger partial charge is 0.353 e. The average Bonchev–Trinajstić information content (AvgIpc) is 3.36. The molecule has 2 saturated heterocycles. The van der Waals surface area contributed by atoms with Gasteiger partial charge in [0, 0.05) is 38.6 Å². The molecule has 1 aromatic heterocycles. The first kappa shape index (κ1) is 19.2. The number of sulfonamides is 1. The van der Waals surface area contributed by atoms with Crippen LogP contribution >= 0.6 is 0 Å². The minimum Gasteiger partial charge on any atom is -0.353 e. The lowest BCUT2D eigenvalue weighted by atomic mass is 9.97. The van der Waals surface area contributed by atoms with Crippen molar-refractivity contribution in [3.8, 4) is 0 Å². The molecule has 3 heterocycles. The smallest absolute Gasteiger partial charge is 0.243 e. The number of aromatic nitrogens is 1. The van der Waals surface area contributed by atoms with Crippen molar-refractivity contribution in [2.45, 2.75) is 36.6 Å².